The van der Waals surface area contributed by atoms with E-state index < -0.39 is 11.6 Å². The monoisotopic (exact) mass is 233 g/mol. The molecule has 0 atom stereocenters. The molecule has 1 heterocycles. The van der Waals surface area contributed by atoms with E-state index in [4.69, 9.17) is 0 Å². The first-order chi connectivity index (χ1) is 8.08. The molecule has 0 spiro atoms. The van der Waals surface area contributed by atoms with Gasteiger partial charge in [0.1, 0.15) is 0 Å². The normalized spacial score (nSPS) is 10.9. The molecule has 0 N–H and O–H groups in total. The molecule has 0 aliphatic carbocycles. The highest BCUT2D eigenvalue weighted by molar-refractivity contribution is 5.59. The van der Waals surface area contributed by atoms with Gasteiger partial charge in [-0.2, -0.15) is 0 Å². The average Bonchev–Trinajstić information content (AvgIpc) is 2.33. The van der Waals surface area contributed by atoms with Crippen LogP contribution in [-0.2, 0) is 0 Å². The SMILES string of the molecule is CC(C)c1cccc(-c2ccc(F)c(F)c2)n1. The van der Waals surface area contributed by atoms with Crippen LogP contribution in [0.4, 0.5) is 8.78 Å². The fourth-order valence-corrected chi connectivity index (χ4v) is 1.59. The van der Waals surface area contributed by atoms with Gasteiger partial charge in [0.2, 0.25) is 0 Å². The molecule has 2 aromatic rings. The Kier molecular flexibility index (Phi) is 3.18. The molecule has 1 aromatic carbocycles. The van der Waals surface area contributed by atoms with E-state index in [-0.39, 0.29) is 0 Å². The topological polar surface area (TPSA) is 12.9 Å². The molecule has 0 radical (unpaired) electrons. The Balaban J connectivity index is 2.45. The van der Waals surface area contributed by atoms with E-state index in [1.54, 1.807) is 6.07 Å². The van der Waals surface area contributed by atoms with Gasteiger partial charge in [-0.25, -0.2) is 8.78 Å². The van der Waals surface area contributed by atoms with Crippen molar-refractivity contribution in [2.75, 3.05) is 0 Å². The summed E-state index contributed by atoms with van der Waals surface area (Å²) in [4.78, 5) is 4.42. The van der Waals surface area contributed by atoms with Gasteiger partial charge in [-0.1, -0.05) is 19.9 Å². The van der Waals surface area contributed by atoms with Crippen molar-refractivity contribution in [3.05, 3.63) is 53.7 Å². The lowest BCUT2D eigenvalue weighted by Crippen LogP contribution is -1.94. The second-order valence-corrected chi connectivity index (χ2v) is 4.23. The largest absolute Gasteiger partial charge is 0.253 e. The third kappa shape index (κ3) is 2.49. The standard InChI is InChI=1S/C14H13F2N/c1-9(2)13-4-3-5-14(17-13)10-6-7-11(15)12(16)8-10/h3-9H,1-2H3. The zero-order valence-corrected chi connectivity index (χ0v) is 9.74. The Morgan fingerprint density at radius 2 is 1.76 bits per heavy atom. The van der Waals surface area contributed by atoms with Crippen LogP contribution in [0.25, 0.3) is 11.3 Å². The van der Waals surface area contributed by atoms with Gasteiger partial charge in [-0.05, 0) is 36.2 Å². The molecule has 17 heavy (non-hydrogen) atoms. The van der Waals surface area contributed by atoms with E-state index in [1.165, 1.54) is 12.1 Å². The van der Waals surface area contributed by atoms with Gasteiger partial charge in [-0.3, -0.25) is 4.98 Å². The fraction of sp³-hybridized carbons (Fsp3) is 0.214. The molecule has 2 rings (SSSR count). The lowest BCUT2D eigenvalue weighted by molar-refractivity contribution is 0.509. The van der Waals surface area contributed by atoms with Gasteiger partial charge in [0, 0.05) is 11.3 Å². The van der Waals surface area contributed by atoms with Crippen LogP contribution in [0.2, 0.25) is 0 Å². The summed E-state index contributed by atoms with van der Waals surface area (Å²) in [5.41, 5.74) is 2.19. The molecule has 1 nitrogen and oxygen atoms in total. The maximum absolute atomic E-state index is 13.1. The number of hydrogen-bond acceptors (Lipinski definition) is 1. The van der Waals surface area contributed by atoms with Crippen LogP contribution in [0.3, 0.4) is 0 Å². The van der Waals surface area contributed by atoms with Crippen molar-refractivity contribution < 1.29 is 8.78 Å². The van der Waals surface area contributed by atoms with E-state index in [9.17, 15) is 8.78 Å². The van der Waals surface area contributed by atoms with Crippen molar-refractivity contribution in [3.8, 4) is 11.3 Å². The zero-order chi connectivity index (χ0) is 12.4. The highest BCUT2D eigenvalue weighted by atomic mass is 19.2. The number of nitrogens with zero attached hydrogens (tertiary/aromatic N) is 1. The summed E-state index contributed by atoms with van der Waals surface area (Å²) >= 11 is 0. The number of pyridine rings is 1. The molecule has 0 unspecified atom stereocenters. The summed E-state index contributed by atoms with van der Waals surface area (Å²) in [6.07, 6.45) is 0. The molecular formula is C14H13F2N. The molecule has 0 saturated heterocycles. The van der Waals surface area contributed by atoms with Crippen LogP contribution < -0.4 is 0 Å². The minimum atomic E-state index is -0.848. The van der Waals surface area contributed by atoms with Crippen molar-refractivity contribution in [2.24, 2.45) is 0 Å². The maximum Gasteiger partial charge on any atom is 0.159 e. The van der Waals surface area contributed by atoms with Gasteiger partial charge >= 0.3 is 0 Å². The van der Waals surface area contributed by atoms with Crippen molar-refractivity contribution in [3.63, 3.8) is 0 Å². The second kappa shape index (κ2) is 4.62. The molecule has 0 aliphatic rings. The molecule has 0 saturated carbocycles. The fourth-order valence-electron chi connectivity index (χ4n) is 1.59. The molecule has 0 amide bonds. The summed E-state index contributed by atoms with van der Waals surface area (Å²) in [7, 11) is 0. The summed E-state index contributed by atoms with van der Waals surface area (Å²) in [6.45, 7) is 4.08. The minimum Gasteiger partial charge on any atom is -0.253 e. The molecule has 0 bridgehead atoms. The van der Waals surface area contributed by atoms with Gasteiger partial charge < -0.3 is 0 Å². The maximum atomic E-state index is 13.1. The van der Waals surface area contributed by atoms with Crippen molar-refractivity contribution in [1.29, 1.82) is 0 Å². The van der Waals surface area contributed by atoms with Crippen molar-refractivity contribution in [2.45, 2.75) is 19.8 Å². The van der Waals surface area contributed by atoms with Gasteiger partial charge in [0.25, 0.3) is 0 Å². The molecule has 88 valence electrons. The molecular weight excluding hydrogens is 220 g/mol. The predicted molar refractivity (Wildman–Crippen MR) is 63.7 cm³/mol. The molecule has 0 fully saturated rings. The Morgan fingerprint density at radius 3 is 2.41 bits per heavy atom. The third-order valence-electron chi connectivity index (χ3n) is 2.58. The lowest BCUT2D eigenvalue weighted by Gasteiger charge is -2.07. The minimum absolute atomic E-state index is 0.306. The van der Waals surface area contributed by atoms with E-state index in [0.717, 1.165) is 11.8 Å². The first-order valence-corrected chi connectivity index (χ1v) is 5.50. The Hall–Kier alpha value is -1.77. The first kappa shape index (κ1) is 11.7. The second-order valence-electron chi connectivity index (χ2n) is 4.23. The first-order valence-electron chi connectivity index (χ1n) is 5.50. The van der Waals surface area contributed by atoms with Crippen LogP contribution in [0.5, 0.6) is 0 Å². The van der Waals surface area contributed by atoms with Crippen LogP contribution >= 0.6 is 0 Å². The van der Waals surface area contributed by atoms with Gasteiger partial charge in [0.15, 0.2) is 11.6 Å². The van der Waals surface area contributed by atoms with Crippen LogP contribution in [0.15, 0.2) is 36.4 Å². The Bertz CT molecular complexity index is 535. The Morgan fingerprint density at radius 1 is 1.00 bits per heavy atom. The number of halogens is 2. The van der Waals surface area contributed by atoms with Crippen molar-refractivity contribution in [1.82, 2.24) is 4.98 Å². The quantitative estimate of drug-likeness (QED) is 0.759. The van der Waals surface area contributed by atoms with Crippen LogP contribution in [0, 0.1) is 11.6 Å². The molecule has 0 aliphatic heterocycles. The van der Waals surface area contributed by atoms with Crippen molar-refractivity contribution >= 4 is 0 Å². The van der Waals surface area contributed by atoms with Gasteiger partial charge in [-0.15, -0.1) is 0 Å². The molecule has 3 heteroatoms. The summed E-state index contributed by atoms with van der Waals surface area (Å²) in [6, 6.07) is 9.41. The number of aromatic nitrogens is 1. The smallest absolute Gasteiger partial charge is 0.159 e. The van der Waals surface area contributed by atoms with Crippen LogP contribution in [-0.4, -0.2) is 4.98 Å². The lowest BCUT2D eigenvalue weighted by atomic mass is 10.1. The third-order valence-corrected chi connectivity index (χ3v) is 2.58. The Labute approximate surface area is 99.1 Å². The average molecular weight is 233 g/mol. The van der Waals surface area contributed by atoms with E-state index >= 15 is 0 Å². The number of benzene rings is 1. The zero-order valence-electron chi connectivity index (χ0n) is 9.74. The number of hydrogen-bond donors (Lipinski definition) is 0. The highest BCUT2D eigenvalue weighted by Crippen LogP contribution is 2.21. The summed E-state index contributed by atoms with van der Waals surface area (Å²) in [5, 5.41) is 0. The van der Waals surface area contributed by atoms with E-state index in [1.807, 2.05) is 26.0 Å². The summed E-state index contributed by atoms with van der Waals surface area (Å²) < 4.78 is 25.9. The van der Waals surface area contributed by atoms with E-state index in [0.29, 0.717) is 17.2 Å². The van der Waals surface area contributed by atoms with Crippen LogP contribution in [0.1, 0.15) is 25.5 Å². The molecule has 1 aromatic heterocycles. The van der Waals surface area contributed by atoms with Gasteiger partial charge in [0.05, 0.1) is 5.69 Å². The van der Waals surface area contributed by atoms with E-state index in [2.05, 4.69) is 4.98 Å². The summed E-state index contributed by atoms with van der Waals surface area (Å²) in [5.74, 6) is -1.38. The number of rotatable bonds is 2. The predicted octanol–water partition coefficient (Wildman–Crippen LogP) is 4.15. The highest BCUT2D eigenvalue weighted by Gasteiger charge is 2.07.